The Labute approximate surface area is 320 Å². The third kappa shape index (κ3) is 4.00. The number of benzene rings is 11. The van der Waals surface area contributed by atoms with Crippen molar-refractivity contribution in [3.63, 3.8) is 0 Å². The molecule has 0 N–H and O–H groups in total. The van der Waals surface area contributed by atoms with Crippen molar-refractivity contribution in [3.8, 4) is 33.4 Å². The lowest BCUT2D eigenvalue weighted by Crippen LogP contribution is -1.93. The van der Waals surface area contributed by atoms with E-state index in [4.69, 9.17) is 8.83 Å². The van der Waals surface area contributed by atoms with E-state index in [1.54, 1.807) is 0 Å². The van der Waals surface area contributed by atoms with Gasteiger partial charge < -0.3 is 8.83 Å². The monoisotopic (exact) mass is 710 g/mol. The number of fused-ring (bicyclic) bond motifs is 8. The van der Waals surface area contributed by atoms with Gasteiger partial charge in [0.25, 0.3) is 0 Å². The zero-order chi connectivity index (χ0) is 36.5. The molecule has 2 heteroatoms. The van der Waals surface area contributed by atoms with Gasteiger partial charge in [0.2, 0.25) is 0 Å². The molecule has 0 aliphatic carbocycles. The van der Waals surface area contributed by atoms with E-state index < -0.39 is 0 Å². The molecule has 2 aromatic heterocycles. The molecule has 0 fully saturated rings. The molecule has 2 heterocycles. The summed E-state index contributed by atoms with van der Waals surface area (Å²) in [5.74, 6) is 0. The topological polar surface area (TPSA) is 26.3 Å². The molecule has 0 saturated carbocycles. The van der Waals surface area contributed by atoms with Crippen LogP contribution in [0.1, 0.15) is 0 Å². The van der Waals surface area contributed by atoms with Crippen molar-refractivity contribution < 1.29 is 8.83 Å². The summed E-state index contributed by atoms with van der Waals surface area (Å²) in [5.41, 5.74) is 10.8. The maximum atomic E-state index is 6.44. The van der Waals surface area contributed by atoms with Crippen LogP contribution in [0.25, 0.3) is 131 Å². The van der Waals surface area contributed by atoms with Crippen molar-refractivity contribution in [2.24, 2.45) is 0 Å². The van der Waals surface area contributed by atoms with Crippen molar-refractivity contribution in [1.29, 1.82) is 0 Å². The van der Waals surface area contributed by atoms with Gasteiger partial charge in [0.05, 0.1) is 0 Å². The van der Waals surface area contributed by atoms with E-state index in [-0.39, 0.29) is 0 Å². The fourth-order valence-electron chi connectivity index (χ4n) is 9.89. The molecule has 0 unspecified atom stereocenters. The molecule has 0 atom stereocenters. The third-order valence-corrected chi connectivity index (χ3v) is 12.2. The van der Waals surface area contributed by atoms with Crippen molar-refractivity contribution >= 4 is 97.7 Å². The summed E-state index contributed by atoms with van der Waals surface area (Å²) >= 11 is 0. The van der Waals surface area contributed by atoms with E-state index in [0.29, 0.717) is 0 Å². The number of hydrogen-bond acceptors (Lipinski definition) is 2. The minimum Gasteiger partial charge on any atom is -0.456 e. The van der Waals surface area contributed by atoms with Gasteiger partial charge in [-0.15, -0.1) is 0 Å². The Morgan fingerprint density at radius 2 is 0.679 bits per heavy atom. The second-order valence-corrected chi connectivity index (χ2v) is 15.1. The first-order valence-corrected chi connectivity index (χ1v) is 19.3. The van der Waals surface area contributed by atoms with Gasteiger partial charge in [-0.3, -0.25) is 0 Å². The quantitative estimate of drug-likeness (QED) is 0.135. The van der Waals surface area contributed by atoms with Gasteiger partial charge in [0.1, 0.15) is 22.3 Å². The number of rotatable bonds is 3. The van der Waals surface area contributed by atoms with Crippen molar-refractivity contribution in [2.45, 2.75) is 0 Å². The van der Waals surface area contributed by atoms with Gasteiger partial charge in [0.15, 0.2) is 0 Å². The number of furan rings is 2. The molecule has 0 spiro atoms. The van der Waals surface area contributed by atoms with Crippen molar-refractivity contribution in [2.75, 3.05) is 0 Å². The van der Waals surface area contributed by atoms with Crippen LogP contribution in [-0.4, -0.2) is 0 Å². The zero-order valence-electron chi connectivity index (χ0n) is 30.1. The summed E-state index contributed by atoms with van der Waals surface area (Å²) < 4.78 is 12.9. The van der Waals surface area contributed by atoms with Crippen LogP contribution in [0.2, 0.25) is 0 Å². The van der Waals surface area contributed by atoms with E-state index in [0.717, 1.165) is 43.9 Å². The largest absolute Gasteiger partial charge is 0.456 e. The third-order valence-electron chi connectivity index (χ3n) is 12.2. The van der Waals surface area contributed by atoms with E-state index >= 15 is 0 Å². The summed E-state index contributed by atoms with van der Waals surface area (Å²) in [4.78, 5) is 0. The highest BCUT2D eigenvalue weighted by atomic mass is 16.3. The van der Waals surface area contributed by atoms with Crippen LogP contribution in [0.3, 0.4) is 0 Å². The van der Waals surface area contributed by atoms with Crippen LogP contribution in [0.15, 0.2) is 191 Å². The van der Waals surface area contributed by atoms with Crippen LogP contribution in [0.5, 0.6) is 0 Å². The highest BCUT2D eigenvalue weighted by Gasteiger charge is 2.22. The Morgan fingerprint density at radius 1 is 0.232 bits per heavy atom. The molecule has 0 aliphatic heterocycles. The van der Waals surface area contributed by atoms with Crippen molar-refractivity contribution in [3.05, 3.63) is 182 Å². The highest BCUT2D eigenvalue weighted by Crippen LogP contribution is 2.49. The first-order chi connectivity index (χ1) is 27.8. The van der Waals surface area contributed by atoms with Gasteiger partial charge in [-0.2, -0.15) is 0 Å². The number of hydrogen-bond donors (Lipinski definition) is 0. The van der Waals surface area contributed by atoms with Crippen LogP contribution in [0, 0.1) is 0 Å². The standard InChI is InChI=1S/C54H30O2/c1-3-23-46-41(14-1)53-36(21-9-25-48(53)55-46)34-16-7-19-38-43(34)30-44-35(37-22-10-26-49-54(37)42-15-2-4-24-47(42)56-49)17-8-20-39(44)52(38)45-29-33-13-5-11-31-27-28-32-12-6-18-40(45)51(32)50(31)33/h1-30H. The maximum absolute atomic E-state index is 6.44. The molecule has 0 radical (unpaired) electrons. The van der Waals surface area contributed by atoms with Crippen LogP contribution in [-0.2, 0) is 0 Å². The lowest BCUT2D eigenvalue weighted by Gasteiger charge is -2.20. The predicted octanol–water partition coefficient (Wildman–Crippen LogP) is 15.7. The second-order valence-electron chi connectivity index (χ2n) is 15.1. The summed E-state index contributed by atoms with van der Waals surface area (Å²) in [6.07, 6.45) is 0. The van der Waals surface area contributed by atoms with Crippen LogP contribution >= 0.6 is 0 Å². The first kappa shape index (κ1) is 30.0. The summed E-state index contributed by atoms with van der Waals surface area (Å²) in [6.45, 7) is 0. The summed E-state index contributed by atoms with van der Waals surface area (Å²) in [5, 5.41) is 17.1. The van der Waals surface area contributed by atoms with E-state index in [9.17, 15) is 0 Å². The van der Waals surface area contributed by atoms with Gasteiger partial charge in [-0.25, -0.2) is 0 Å². The molecule has 0 amide bonds. The molecular weight excluding hydrogens is 681 g/mol. The minimum absolute atomic E-state index is 0.896. The van der Waals surface area contributed by atoms with E-state index in [1.807, 2.05) is 12.1 Å². The Morgan fingerprint density at radius 3 is 1.30 bits per heavy atom. The summed E-state index contributed by atoms with van der Waals surface area (Å²) in [6, 6.07) is 66.3. The molecule has 13 aromatic rings. The van der Waals surface area contributed by atoms with Crippen molar-refractivity contribution in [1.82, 2.24) is 0 Å². The molecule has 2 nitrogen and oxygen atoms in total. The van der Waals surface area contributed by atoms with Crippen LogP contribution < -0.4 is 0 Å². The summed E-state index contributed by atoms with van der Waals surface area (Å²) in [7, 11) is 0. The molecule has 13 rings (SSSR count). The molecule has 11 aromatic carbocycles. The Balaban J connectivity index is 1.23. The molecule has 258 valence electrons. The maximum Gasteiger partial charge on any atom is 0.136 e. The molecule has 0 aliphatic rings. The van der Waals surface area contributed by atoms with Gasteiger partial charge >= 0.3 is 0 Å². The lowest BCUT2D eigenvalue weighted by molar-refractivity contribution is 0.668. The molecule has 0 saturated heterocycles. The second kappa shape index (κ2) is 11.1. The molecule has 0 bridgehead atoms. The fraction of sp³-hybridized carbons (Fsp3) is 0. The minimum atomic E-state index is 0.896. The van der Waals surface area contributed by atoms with Crippen LogP contribution in [0.4, 0.5) is 0 Å². The van der Waals surface area contributed by atoms with E-state index in [2.05, 4.69) is 170 Å². The average molecular weight is 711 g/mol. The predicted molar refractivity (Wildman–Crippen MR) is 236 cm³/mol. The molecular formula is C54H30O2. The lowest BCUT2D eigenvalue weighted by atomic mass is 9.82. The Bertz CT molecular complexity index is 3590. The normalized spacial score (nSPS) is 12.3. The first-order valence-electron chi connectivity index (χ1n) is 19.3. The highest BCUT2D eigenvalue weighted by molar-refractivity contribution is 6.30. The van der Waals surface area contributed by atoms with E-state index in [1.165, 1.54) is 87.2 Å². The average Bonchev–Trinajstić information content (AvgIpc) is 3.83. The van der Waals surface area contributed by atoms with Gasteiger partial charge in [-0.1, -0.05) is 146 Å². The fourth-order valence-corrected chi connectivity index (χ4v) is 9.89. The Hall–Kier alpha value is -7.42. The SMILES string of the molecule is c1cc2ccc3cccc4c(-c5c6cccc(-c7cccc8oc9ccccc9c78)c6cc6c(-c7cccc8oc9ccccc9c78)cccc56)cc(c1)c2c34. The van der Waals surface area contributed by atoms with Gasteiger partial charge in [0, 0.05) is 21.5 Å². The smallest absolute Gasteiger partial charge is 0.136 e. The Kier molecular flexibility index (Phi) is 5.92. The number of para-hydroxylation sites is 2. The zero-order valence-corrected chi connectivity index (χ0v) is 30.1. The molecule has 56 heavy (non-hydrogen) atoms. The van der Waals surface area contributed by atoms with Gasteiger partial charge in [-0.05, 0) is 124 Å².